The maximum Gasteiger partial charge on any atom is 0.280 e. The molecule has 22 heavy (non-hydrogen) atoms. The van der Waals surface area contributed by atoms with E-state index in [0.29, 0.717) is 29.1 Å². The average molecular weight is 322 g/mol. The van der Waals surface area contributed by atoms with Crippen molar-refractivity contribution in [3.63, 3.8) is 0 Å². The summed E-state index contributed by atoms with van der Waals surface area (Å²) in [4.78, 5) is 18.3. The van der Waals surface area contributed by atoms with E-state index in [1.54, 1.807) is 20.1 Å². The third-order valence-corrected chi connectivity index (χ3v) is 4.63. The monoisotopic (exact) mass is 322 g/mol. The fourth-order valence-electron chi connectivity index (χ4n) is 2.10. The number of halogens is 1. The molecule has 0 spiro atoms. The van der Waals surface area contributed by atoms with Crippen LogP contribution in [0.3, 0.4) is 0 Å². The van der Waals surface area contributed by atoms with E-state index in [9.17, 15) is 9.18 Å². The third-order valence-electron chi connectivity index (χ3n) is 3.54. The predicted molar refractivity (Wildman–Crippen MR) is 84.7 cm³/mol. The Hall–Kier alpha value is -1.79. The Morgan fingerprint density at radius 2 is 2.09 bits per heavy atom. The maximum atomic E-state index is 13.3. The standard InChI is InChI=1S/C16H19FN2O2S/c1-10-5-6-13(17)9-14(10)15(20)18-16-19(7-8-21-4)11(2)12(3)22-16/h5-6,9H,7-8H2,1-4H3. The van der Waals surface area contributed by atoms with Crippen LogP contribution in [0.4, 0.5) is 4.39 Å². The van der Waals surface area contributed by atoms with E-state index in [1.807, 2.05) is 18.4 Å². The number of hydrogen-bond acceptors (Lipinski definition) is 3. The fraction of sp³-hybridized carbons (Fsp3) is 0.375. The van der Waals surface area contributed by atoms with Crippen LogP contribution in [0.1, 0.15) is 26.5 Å². The molecule has 1 amide bonds. The van der Waals surface area contributed by atoms with Crippen LogP contribution in [-0.2, 0) is 11.3 Å². The van der Waals surface area contributed by atoms with Crippen LogP contribution < -0.4 is 4.80 Å². The van der Waals surface area contributed by atoms with Crippen molar-refractivity contribution in [3.05, 3.63) is 50.5 Å². The number of thiazole rings is 1. The van der Waals surface area contributed by atoms with Gasteiger partial charge >= 0.3 is 0 Å². The highest BCUT2D eigenvalue weighted by Gasteiger charge is 2.12. The Morgan fingerprint density at radius 1 is 1.36 bits per heavy atom. The predicted octanol–water partition coefficient (Wildman–Crippen LogP) is 3.00. The highest BCUT2D eigenvalue weighted by Crippen LogP contribution is 2.13. The molecule has 1 aromatic heterocycles. The van der Waals surface area contributed by atoms with Crippen LogP contribution in [0.5, 0.6) is 0 Å². The Morgan fingerprint density at radius 3 is 2.77 bits per heavy atom. The van der Waals surface area contributed by atoms with Gasteiger partial charge in [0.25, 0.3) is 5.91 Å². The SMILES string of the molecule is COCCn1c(C)c(C)sc1=NC(=O)c1cc(F)ccc1C. The van der Waals surface area contributed by atoms with Gasteiger partial charge in [-0.3, -0.25) is 4.79 Å². The summed E-state index contributed by atoms with van der Waals surface area (Å²) in [5, 5.41) is 0. The van der Waals surface area contributed by atoms with Crippen LogP contribution in [0.25, 0.3) is 0 Å². The molecule has 0 aliphatic rings. The first-order valence-electron chi connectivity index (χ1n) is 6.95. The van der Waals surface area contributed by atoms with E-state index in [0.717, 1.165) is 10.6 Å². The number of benzene rings is 1. The van der Waals surface area contributed by atoms with E-state index in [2.05, 4.69) is 4.99 Å². The van der Waals surface area contributed by atoms with Gasteiger partial charge in [-0.1, -0.05) is 6.07 Å². The molecular formula is C16H19FN2O2S. The lowest BCUT2D eigenvalue weighted by atomic mass is 10.1. The molecule has 118 valence electrons. The van der Waals surface area contributed by atoms with Crippen molar-refractivity contribution in [2.75, 3.05) is 13.7 Å². The maximum absolute atomic E-state index is 13.3. The number of aromatic nitrogens is 1. The normalized spacial score (nSPS) is 12.0. The number of nitrogens with zero attached hydrogens (tertiary/aromatic N) is 2. The third kappa shape index (κ3) is 3.51. The van der Waals surface area contributed by atoms with Crippen molar-refractivity contribution < 1.29 is 13.9 Å². The molecule has 1 heterocycles. The van der Waals surface area contributed by atoms with Gasteiger partial charge in [-0.2, -0.15) is 4.99 Å². The number of aryl methyl sites for hydroxylation is 2. The van der Waals surface area contributed by atoms with Gasteiger partial charge in [0, 0.05) is 29.8 Å². The highest BCUT2D eigenvalue weighted by molar-refractivity contribution is 7.09. The molecule has 2 rings (SSSR count). The van der Waals surface area contributed by atoms with E-state index in [-0.39, 0.29) is 0 Å². The summed E-state index contributed by atoms with van der Waals surface area (Å²) in [5.74, 6) is -0.862. The van der Waals surface area contributed by atoms with Crippen LogP contribution in [0, 0.1) is 26.6 Å². The van der Waals surface area contributed by atoms with Crippen LogP contribution in [0.2, 0.25) is 0 Å². The number of methoxy groups -OCH3 is 1. The summed E-state index contributed by atoms with van der Waals surface area (Å²) < 4.78 is 20.4. The molecule has 0 aliphatic carbocycles. The number of amides is 1. The number of carbonyl (C=O) groups is 1. The molecule has 0 bridgehead atoms. The Balaban J connectivity index is 2.46. The Bertz CT molecular complexity index is 762. The largest absolute Gasteiger partial charge is 0.383 e. The van der Waals surface area contributed by atoms with Crippen LogP contribution >= 0.6 is 11.3 Å². The van der Waals surface area contributed by atoms with Gasteiger partial charge in [-0.05, 0) is 38.5 Å². The lowest BCUT2D eigenvalue weighted by molar-refractivity contribution is 0.0996. The summed E-state index contributed by atoms with van der Waals surface area (Å²) in [5.41, 5.74) is 2.06. The summed E-state index contributed by atoms with van der Waals surface area (Å²) in [6.45, 7) is 6.91. The molecule has 0 saturated heterocycles. The number of ether oxygens (including phenoxy) is 1. The quantitative estimate of drug-likeness (QED) is 0.868. The summed E-state index contributed by atoms with van der Waals surface area (Å²) in [6.07, 6.45) is 0. The molecule has 0 atom stereocenters. The average Bonchev–Trinajstić information content (AvgIpc) is 2.74. The second-order valence-corrected chi connectivity index (χ2v) is 6.23. The smallest absolute Gasteiger partial charge is 0.280 e. The number of hydrogen-bond donors (Lipinski definition) is 0. The van der Waals surface area contributed by atoms with Crippen molar-refractivity contribution >= 4 is 17.2 Å². The van der Waals surface area contributed by atoms with Crippen molar-refractivity contribution in [2.24, 2.45) is 4.99 Å². The second kappa shape index (κ2) is 6.98. The highest BCUT2D eigenvalue weighted by atomic mass is 32.1. The molecule has 0 radical (unpaired) electrons. The lowest BCUT2D eigenvalue weighted by Crippen LogP contribution is -2.20. The first kappa shape index (κ1) is 16.6. The Kier molecular flexibility index (Phi) is 5.26. The van der Waals surface area contributed by atoms with Crippen molar-refractivity contribution in [2.45, 2.75) is 27.3 Å². The van der Waals surface area contributed by atoms with Crippen molar-refractivity contribution in [1.29, 1.82) is 0 Å². The van der Waals surface area contributed by atoms with Gasteiger partial charge in [0.1, 0.15) is 5.82 Å². The van der Waals surface area contributed by atoms with Gasteiger partial charge in [0.15, 0.2) is 4.80 Å². The summed E-state index contributed by atoms with van der Waals surface area (Å²) in [7, 11) is 1.63. The van der Waals surface area contributed by atoms with Crippen molar-refractivity contribution in [3.8, 4) is 0 Å². The van der Waals surface area contributed by atoms with Gasteiger partial charge in [-0.25, -0.2) is 4.39 Å². The lowest BCUT2D eigenvalue weighted by Gasteiger charge is -2.05. The molecule has 0 unspecified atom stereocenters. The Labute approximate surface area is 132 Å². The zero-order valence-corrected chi connectivity index (χ0v) is 14.0. The summed E-state index contributed by atoms with van der Waals surface area (Å²) in [6, 6.07) is 4.15. The molecule has 0 aliphatic heterocycles. The van der Waals surface area contributed by atoms with Gasteiger partial charge in [0.05, 0.1) is 6.61 Å². The molecule has 6 heteroatoms. The minimum atomic E-state index is -0.435. The van der Waals surface area contributed by atoms with Crippen LogP contribution in [0.15, 0.2) is 23.2 Å². The topological polar surface area (TPSA) is 43.6 Å². The first-order chi connectivity index (χ1) is 10.4. The molecule has 1 aromatic carbocycles. The van der Waals surface area contributed by atoms with E-state index < -0.39 is 11.7 Å². The van der Waals surface area contributed by atoms with Gasteiger partial charge < -0.3 is 9.30 Å². The zero-order valence-electron chi connectivity index (χ0n) is 13.1. The van der Waals surface area contributed by atoms with E-state index >= 15 is 0 Å². The zero-order chi connectivity index (χ0) is 16.3. The van der Waals surface area contributed by atoms with E-state index in [1.165, 1.54) is 23.5 Å². The van der Waals surface area contributed by atoms with Crippen LogP contribution in [-0.4, -0.2) is 24.2 Å². The molecule has 0 N–H and O–H groups in total. The molecular weight excluding hydrogens is 303 g/mol. The molecule has 2 aromatic rings. The first-order valence-corrected chi connectivity index (χ1v) is 7.76. The molecule has 0 fully saturated rings. The summed E-state index contributed by atoms with van der Waals surface area (Å²) >= 11 is 1.45. The van der Waals surface area contributed by atoms with Crippen molar-refractivity contribution in [1.82, 2.24) is 4.57 Å². The molecule has 0 saturated carbocycles. The molecule has 4 nitrogen and oxygen atoms in total. The minimum Gasteiger partial charge on any atom is -0.383 e. The van der Waals surface area contributed by atoms with Gasteiger partial charge in [-0.15, -0.1) is 11.3 Å². The second-order valence-electron chi connectivity index (χ2n) is 5.05. The number of rotatable bonds is 4. The number of carbonyl (C=O) groups excluding carboxylic acids is 1. The fourth-order valence-corrected chi connectivity index (χ4v) is 3.10. The minimum absolute atomic E-state index is 0.294. The van der Waals surface area contributed by atoms with Gasteiger partial charge in [0.2, 0.25) is 0 Å². The van der Waals surface area contributed by atoms with E-state index in [4.69, 9.17) is 4.74 Å².